The molecular weight excluding hydrogens is 1170 g/mol. The zero-order valence-electron chi connectivity index (χ0n) is 52.8. The molecule has 2 unspecified atom stereocenters. The SMILES string of the molecule is [C-]#[N+]c1cnccc1-c1ccc([C@H](C)NC(=O)[C@@H]2C[C@@H](O)CN2C(=O)[C@@H](NC(=O)CCOCCCN2CCC[C@H]2COc2nc(N3CC4CCC(C3)N4C(=O)OC(C)(C)C)c3cnc(-c4cc(OCOC)cc5ccc(F)c(C#C)c45)c(F)c3n2)C(C)(C)C)cc1. The lowest BCUT2D eigenvalue weighted by Crippen LogP contribution is -2.58. The highest BCUT2D eigenvalue weighted by Crippen LogP contribution is 2.42. The number of likely N-dealkylation sites (tertiary alicyclic amines) is 2. The van der Waals surface area contributed by atoms with Crippen LogP contribution in [0.2, 0.25) is 0 Å². The number of aromatic nitrogens is 4. The van der Waals surface area contributed by atoms with Gasteiger partial charge in [-0.25, -0.2) is 18.4 Å². The van der Waals surface area contributed by atoms with Crippen LogP contribution in [0.3, 0.4) is 0 Å². The molecule has 2 bridgehead atoms. The summed E-state index contributed by atoms with van der Waals surface area (Å²) in [6.45, 7) is 23.0. The van der Waals surface area contributed by atoms with Gasteiger partial charge in [0.25, 0.3) is 0 Å². The minimum Gasteiger partial charge on any atom is -0.468 e. The molecule has 0 aliphatic carbocycles. The molecule has 4 saturated heterocycles. The number of anilines is 1. The first-order valence-corrected chi connectivity index (χ1v) is 31.0. The quantitative estimate of drug-likeness (QED) is 0.0264. The van der Waals surface area contributed by atoms with E-state index in [0.29, 0.717) is 60.7 Å². The topological polar surface area (TPSA) is 228 Å². The zero-order valence-corrected chi connectivity index (χ0v) is 52.8. The second kappa shape index (κ2) is 27.9. The number of amides is 4. The number of hydrogen-bond donors (Lipinski definition) is 3. The number of methoxy groups -OCH3 is 1. The van der Waals surface area contributed by atoms with Crippen LogP contribution >= 0.6 is 0 Å². The summed E-state index contributed by atoms with van der Waals surface area (Å²) in [5.41, 5.74) is 1.25. The first-order valence-electron chi connectivity index (χ1n) is 31.0. The van der Waals surface area contributed by atoms with Crippen molar-refractivity contribution in [3.63, 3.8) is 0 Å². The monoisotopic (exact) mass is 1250 g/mol. The van der Waals surface area contributed by atoms with E-state index in [1.54, 1.807) is 24.4 Å². The number of terminal acetylenes is 1. The average molecular weight is 1250 g/mol. The minimum atomic E-state index is -1.01. The van der Waals surface area contributed by atoms with Crippen molar-refractivity contribution in [2.24, 2.45) is 5.41 Å². The molecule has 480 valence electrons. The molecule has 21 nitrogen and oxygen atoms in total. The molecule has 3 aromatic heterocycles. The van der Waals surface area contributed by atoms with E-state index in [1.165, 1.54) is 36.5 Å². The Kier molecular flexibility index (Phi) is 20.0. The van der Waals surface area contributed by atoms with E-state index >= 15 is 8.78 Å². The van der Waals surface area contributed by atoms with Gasteiger partial charge in [-0.05, 0) is 118 Å². The lowest BCUT2D eigenvalue weighted by Gasteiger charge is -2.42. The maximum Gasteiger partial charge on any atom is 0.410 e. The Morgan fingerprint density at radius 2 is 1.68 bits per heavy atom. The van der Waals surface area contributed by atoms with Crippen molar-refractivity contribution in [1.29, 1.82) is 0 Å². The molecule has 3 aromatic carbocycles. The summed E-state index contributed by atoms with van der Waals surface area (Å²) in [6.07, 6.45) is 13.0. The maximum absolute atomic E-state index is 17.7. The summed E-state index contributed by atoms with van der Waals surface area (Å²) in [4.78, 5) is 84.7. The number of nitrogens with one attached hydrogen (secondary N) is 2. The number of fused-ring (bicyclic) bond motifs is 4. The van der Waals surface area contributed by atoms with Gasteiger partial charge in [0.15, 0.2) is 12.6 Å². The summed E-state index contributed by atoms with van der Waals surface area (Å²) < 4.78 is 62.3. The van der Waals surface area contributed by atoms with Gasteiger partial charge in [0.2, 0.25) is 23.4 Å². The van der Waals surface area contributed by atoms with Crippen LogP contribution in [0.25, 0.3) is 48.9 Å². The van der Waals surface area contributed by atoms with Gasteiger partial charge in [0, 0.05) is 88.3 Å². The number of aliphatic hydroxyl groups excluding tert-OH is 1. The Morgan fingerprint density at radius 1 is 0.923 bits per heavy atom. The number of hydrogen-bond acceptors (Lipinski definition) is 16. The fourth-order valence-electron chi connectivity index (χ4n) is 12.8. The molecule has 7 heterocycles. The van der Waals surface area contributed by atoms with Crippen molar-refractivity contribution in [1.82, 2.24) is 45.3 Å². The number of piperazine rings is 1. The van der Waals surface area contributed by atoms with Gasteiger partial charge >= 0.3 is 12.1 Å². The Hall–Kier alpha value is -8.61. The Labute approximate surface area is 528 Å². The van der Waals surface area contributed by atoms with Crippen molar-refractivity contribution in [2.75, 3.05) is 71.3 Å². The maximum atomic E-state index is 17.7. The number of benzene rings is 3. The number of nitrogens with zero attached hydrogens (tertiary/aromatic N) is 9. The van der Waals surface area contributed by atoms with Gasteiger partial charge in [0.05, 0.1) is 48.4 Å². The van der Waals surface area contributed by atoms with Crippen LogP contribution in [0, 0.1) is 36.0 Å². The molecule has 91 heavy (non-hydrogen) atoms. The number of halogens is 2. The van der Waals surface area contributed by atoms with E-state index in [4.69, 9.17) is 46.6 Å². The van der Waals surface area contributed by atoms with Gasteiger partial charge < -0.3 is 49.2 Å². The van der Waals surface area contributed by atoms with Crippen LogP contribution in [-0.2, 0) is 28.6 Å². The van der Waals surface area contributed by atoms with Crippen molar-refractivity contribution < 1.29 is 56.7 Å². The second-order valence-corrected chi connectivity index (χ2v) is 25.9. The molecule has 10 rings (SSSR count). The highest BCUT2D eigenvalue weighted by molar-refractivity contribution is 6.03. The Bertz CT molecular complexity index is 3760. The first-order chi connectivity index (χ1) is 43.5. The Morgan fingerprint density at radius 3 is 2.38 bits per heavy atom. The van der Waals surface area contributed by atoms with Crippen LogP contribution in [0.4, 0.5) is 25.1 Å². The molecule has 0 spiro atoms. The fraction of sp³-hybridized carbons (Fsp3) is 0.485. The number of carbonyl (C=O) groups excluding carboxylic acids is 4. The third-order valence-electron chi connectivity index (χ3n) is 17.2. The predicted molar refractivity (Wildman–Crippen MR) is 338 cm³/mol. The molecule has 0 saturated carbocycles. The van der Waals surface area contributed by atoms with Crippen molar-refractivity contribution in [2.45, 2.75) is 141 Å². The van der Waals surface area contributed by atoms with Crippen molar-refractivity contribution >= 4 is 57.0 Å². The van der Waals surface area contributed by atoms with Gasteiger partial charge in [-0.2, -0.15) is 9.97 Å². The third-order valence-corrected chi connectivity index (χ3v) is 17.2. The Balaban J connectivity index is 0.770. The van der Waals surface area contributed by atoms with Gasteiger partial charge in [0.1, 0.15) is 52.9 Å². The number of aliphatic hydroxyl groups is 1. The molecule has 0 radical (unpaired) electrons. The predicted octanol–water partition coefficient (Wildman–Crippen LogP) is 9.30. The third kappa shape index (κ3) is 14.8. The number of rotatable bonds is 21. The van der Waals surface area contributed by atoms with Crippen LogP contribution in [0.5, 0.6) is 11.8 Å². The van der Waals surface area contributed by atoms with E-state index in [2.05, 4.69) is 36.3 Å². The van der Waals surface area contributed by atoms with Crippen LogP contribution in [0.1, 0.15) is 111 Å². The van der Waals surface area contributed by atoms with Crippen molar-refractivity contribution in [3.8, 4) is 46.5 Å². The van der Waals surface area contributed by atoms with E-state index in [0.717, 1.165) is 48.9 Å². The molecule has 6 aromatic rings. The van der Waals surface area contributed by atoms with Gasteiger partial charge in [-0.3, -0.25) is 34.2 Å². The lowest BCUT2D eigenvalue weighted by atomic mass is 9.85. The summed E-state index contributed by atoms with van der Waals surface area (Å²) >= 11 is 0. The number of ether oxygens (including phenoxy) is 5. The smallest absolute Gasteiger partial charge is 0.410 e. The molecule has 4 aliphatic rings. The average Bonchev–Trinajstić information content (AvgIpc) is 1.48. The molecule has 4 fully saturated rings. The van der Waals surface area contributed by atoms with E-state index in [-0.39, 0.29) is 97.3 Å². The molecule has 23 heteroatoms. The molecule has 4 aliphatic heterocycles. The zero-order chi connectivity index (χ0) is 64.9. The fourth-order valence-corrected chi connectivity index (χ4v) is 12.8. The van der Waals surface area contributed by atoms with Crippen LogP contribution < -0.4 is 25.0 Å². The standard InChI is InChI=1S/C68H79F2N11O10/c1-11-49-53(69)22-19-43-30-48(90-39-87-10)32-51(57(43)49)59-58(70)60-52(33-73-59)62(79-35-44-20-21-45(36-79)81(44)66(86)91-68(6,7)8)77-65(76-60)89-38-46-14-12-26-78(46)27-13-28-88-29-24-56(83)75-61(67(3,4)5)64(85)80-37-47(82)31-55(80)63(84)74-40(2)41-15-17-42(18-16-41)50-23-25-72-34-54(50)71-9/h1,15-19,22-23,25,30,32-34,40,44-47,55,61,82H,12-14,20-21,24,26-29,31,35-39H2,2-8,10H3,(H,74,84)(H,75,83)/t40-,44?,45?,46-,47+,55-,61+/m0/s1. The molecule has 4 amide bonds. The summed E-state index contributed by atoms with van der Waals surface area (Å²) in [5.74, 6) is 0.365. The largest absolute Gasteiger partial charge is 0.468 e. The highest BCUT2D eigenvalue weighted by Gasteiger charge is 2.47. The number of β-amino-alcohol motifs (C(OH)–C–C–N with tert-alkyl or cyclic N) is 1. The van der Waals surface area contributed by atoms with Crippen LogP contribution in [0.15, 0.2) is 73.2 Å². The summed E-state index contributed by atoms with van der Waals surface area (Å²) in [7, 11) is 1.47. The lowest BCUT2D eigenvalue weighted by molar-refractivity contribution is -0.144. The van der Waals surface area contributed by atoms with E-state index < -0.39 is 64.6 Å². The van der Waals surface area contributed by atoms with Gasteiger partial charge in [-0.1, -0.05) is 57.0 Å². The molecule has 7 atom stereocenters. The normalized spacial score (nSPS) is 19.9. The first kappa shape index (κ1) is 65.3. The molecule has 3 N–H and O–H groups in total. The summed E-state index contributed by atoms with van der Waals surface area (Å²) in [6, 6.07) is 12.3. The van der Waals surface area contributed by atoms with Crippen LogP contribution in [-0.4, -0.2) is 172 Å². The summed E-state index contributed by atoms with van der Waals surface area (Å²) in [5, 5.41) is 17.8. The number of carbonyl (C=O) groups is 4. The van der Waals surface area contributed by atoms with Crippen molar-refractivity contribution in [3.05, 3.63) is 107 Å². The second-order valence-electron chi connectivity index (χ2n) is 25.9. The number of pyridine rings is 2. The molecular formula is C68H79F2N11O10. The van der Waals surface area contributed by atoms with Gasteiger partial charge in [-0.15, -0.1) is 6.42 Å². The highest BCUT2D eigenvalue weighted by atomic mass is 19.1. The van der Waals surface area contributed by atoms with E-state index in [1.807, 2.05) is 82.5 Å². The van der Waals surface area contributed by atoms with E-state index in [9.17, 15) is 24.3 Å². The minimum absolute atomic E-state index is 0.0217.